The maximum Gasteiger partial charge on any atom is 0.0900 e. The van der Waals surface area contributed by atoms with Crippen LogP contribution >= 0.6 is 0 Å². The van der Waals surface area contributed by atoms with Gasteiger partial charge in [-0.3, -0.25) is 9.80 Å². The summed E-state index contributed by atoms with van der Waals surface area (Å²) in [6, 6.07) is 0. The number of ether oxygens (including phenoxy) is 1. The van der Waals surface area contributed by atoms with Gasteiger partial charge in [-0.15, -0.1) is 0 Å². The molecule has 5 nitrogen and oxygen atoms in total. The van der Waals surface area contributed by atoms with Crippen LogP contribution in [0.1, 0.15) is 27.2 Å². The van der Waals surface area contributed by atoms with Crippen LogP contribution < -0.4 is 0 Å². The molecule has 0 spiro atoms. The molecule has 2 N–H and O–H groups in total. The maximum absolute atomic E-state index is 10.0. The summed E-state index contributed by atoms with van der Waals surface area (Å²) in [5, 5.41) is 18.9. The standard InChI is InChI=1S/C14H30N2O3/c1-4-14(2,3)19-12-13(18)11-16-7-5-15(6-8-16)9-10-17/h13,17-18H,4-12H2,1-3H3. The zero-order valence-electron chi connectivity index (χ0n) is 12.6. The van der Waals surface area contributed by atoms with Crippen LogP contribution in [0.5, 0.6) is 0 Å². The van der Waals surface area contributed by atoms with Gasteiger partial charge in [-0.1, -0.05) is 6.92 Å². The minimum atomic E-state index is -0.421. The fourth-order valence-electron chi connectivity index (χ4n) is 2.11. The Labute approximate surface area is 117 Å². The Morgan fingerprint density at radius 2 is 1.74 bits per heavy atom. The molecule has 1 unspecified atom stereocenters. The number of β-amino-alcohol motifs (C(OH)–C–C–N with tert-alkyl or cyclic N) is 2. The van der Waals surface area contributed by atoms with Crippen molar-refractivity contribution in [3.05, 3.63) is 0 Å². The molecule has 1 heterocycles. The van der Waals surface area contributed by atoms with E-state index in [1.807, 2.05) is 13.8 Å². The van der Waals surface area contributed by atoms with Gasteiger partial charge in [0.15, 0.2) is 0 Å². The zero-order chi connectivity index (χ0) is 14.3. The molecule has 1 fully saturated rings. The molecular weight excluding hydrogens is 244 g/mol. The Bertz CT molecular complexity index is 241. The van der Waals surface area contributed by atoms with Gasteiger partial charge < -0.3 is 14.9 Å². The van der Waals surface area contributed by atoms with Crippen molar-refractivity contribution in [2.45, 2.75) is 38.9 Å². The molecule has 0 aromatic rings. The fraction of sp³-hybridized carbons (Fsp3) is 1.00. The maximum atomic E-state index is 10.0. The van der Waals surface area contributed by atoms with Gasteiger partial charge >= 0.3 is 0 Å². The predicted molar refractivity (Wildman–Crippen MR) is 76.3 cm³/mol. The van der Waals surface area contributed by atoms with Crippen LogP contribution in [0.3, 0.4) is 0 Å². The molecular formula is C14H30N2O3. The van der Waals surface area contributed by atoms with Crippen molar-refractivity contribution in [3.8, 4) is 0 Å². The summed E-state index contributed by atoms with van der Waals surface area (Å²) >= 11 is 0. The molecule has 0 amide bonds. The molecule has 1 aliphatic heterocycles. The Morgan fingerprint density at radius 1 is 1.16 bits per heavy atom. The van der Waals surface area contributed by atoms with Gasteiger partial charge in [-0.2, -0.15) is 0 Å². The molecule has 1 rings (SSSR count). The quantitative estimate of drug-likeness (QED) is 0.660. The van der Waals surface area contributed by atoms with Crippen molar-refractivity contribution < 1.29 is 14.9 Å². The number of aliphatic hydroxyl groups is 2. The number of piperazine rings is 1. The second-order valence-electron chi connectivity index (χ2n) is 5.94. The molecule has 1 aliphatic rings. The van der Waals surface area contributed by atoms with E-state index in [0.717, 1.165) is 39.1 Å². The van der Waals surface area contributed by atoms with Crippen molar-refractivity contribution in [1.82, 2.24) is 9.80 Å². The van der Waals surface area contributed by atoms with E-state index in [0.29, 0.717) is 13.2 Å². The van der Waals surface area contributed by atoms with E-state index in [1.165, 1.54) is 0 Å². The molecule has 0 saturated carbocycles. The van der Waals surface area contributed by atoms with Crippen LogP contribution in [0, 0.1) is 0 Å². The average molecular weight is 274 g/mol. The van der Waals surface area contributed by atoms with Crippen LogP contribution in [0.4, 0.5) is 0 Å². The lowest BCUT2D eigenvalue weighted by Gasteiger charge is -2.35. The number of aliphatic hydroxyl groups excluding tert-OH is 2. The van der Waals surface area contributed by atoms with Crippen LogP contribution in [-0.4, -0.2) is 84.2 Å². The van der Waals surface area contributed by atoms with Crippen molar-refractivity contribution in [3.63, 3.8) is 0 Å². The molecule has 1 saturated heterocycles. The fourth-order valence-corrected chi connectivity index (χ4v) is 2.11. The summed E-state index contributed by atoms with van der Waals surface area (Å²) in [6.07, 6.45) is 0.523. The molecule has 0 aromatic heterocycles. The first-order chi connectivity index (χ1) is 8.96. The monoisotopic (exact) mass is 274 g/mol. The summed E-state index contributed by atoms with van der Waals surface area (Å²) < 4.78 is 5.72. The Kier molecular flexibility index (Phi) is 7.25. The highest BCUT2D eigenvalue weighted by atomic mass is 16.5. The van der Waals surface area contributed by atoms with Gasteiger partial charge in [0.25, 0.3) is 0 Å². The molecule has 5 heteroatoms. The molecule has 0 aliphatic carbocycles. The Hall–Kier alpha value is -0.200. The van der Waals surface area contributed by atoms with E-state index in [2.05, 4.69) is 16.7 Å². The number of nitrogens with zero attached hydrogens (tertiary/aromatic N) is 2. The predicted octanol–water partition coefficient (Wildman–Crippen LogP) is 0.162. The summed E-state index contributed by atoms with van der Waals surface area (Å²) in [7, 11) is 0. The van der Waals surface area contributed by atoms with E-state index in [9.17, 15) is 5.11 Å². The lowest BCUT2D eigenvalue weighted by Crippen LogP contribution is -2.49. The van der Waals surface area contributed by atoms with Crippen molar-refractivity contribution >= 4 is 0 Å². The summed E-state index contributed by atoms with van der Waals surface area (Å²) in [6.45, 7) is 12.1. The molecule has 0 aromatic carbocycles. The Balaban J connectivity index is 2.18. The van der Waals surface area contributed by atoms with Crippen molar-refractivity contribution in [1.29, 1.82) is 0 Å². The minimum Gasteiger partial charge on any atom is -0.395 e. The number of rotatable bonds is 8. The van der Waals surface area contributed by atoms with E-state index >= 15 is 0 Å². The lowest BCUT2D eigenvalue weighted by atomic mass is 10.1. The minimum absolute atomic E-state index is 0.152. The third-order valence-electron chi connectivity index (χ3n) is 3.87. The first kappa shape index (κ1) is 16.9. The Morgan fingerprint density at radius 3 is 2.26 bits per heavy atom. The highest BCUT2D eigenvalue weighted by Gasteiger charge is 2.21. The van der Waals surface area contributed by atoms with E-state index in [1.54, 1.807) is 0 Å². The van der Waals surface area contributed by atoms with Gasteiger partial charge in [-0.05, 0) is 20.3 Å². The van der Waals surface area contributed by atoms with Crippen LogP contribution in [0.15, 0.2) is 0 Å². The average Bonchev–Trinajstić information content (AvgIpc) is 2.39. The second-order valence-corrected chi connectivity index (χ2v) is 5.94. The van der Waals surface area contributed by atoms with Crippen LogP contribution in [0.25, 0.3) is 0 Å². The van der Waals surface area contributed by atoms with Crippen molar-refractivity contribution in [2.24, 2.45) is 0 Å². The summed E-state index contributed by atoms with van der Waals surface area (Å²) in [5.74, 6) is 0. The van der Waals surface area contributed by atoms with Gasteiger partial charge in [0.05, 0.1) is 24.9 Å². The van der Waals surface area contributed by atoms with Crippen LogP contribution in [-0.2, 0) is 4.74 Å². The number of hydrogen-bond donors (Lipinski definition) is 2. The second kappa shape index (κ2) is 8.17. The van der Waals surface area contributed by atoms with Gasteiger partial charge in [0.1, 0.15) is 0 Å². The SMILES string of the molecule is CCC(C)(C)OCC(O)CN1CCN(CCO)CC1. The first-order valence-electron chi connectivity index (χ1n) is 7.34. The van der Waals surface area contributed by atoms with Gasteiger partial charge in [0.2, 0.25) is 0 Å². The highest BCUT2D eigenvalue weighted by Crippen LogP contribution is 2.14. The third kappa shape index (κ3) is 6.68. The van der Waals surface area contributed by atoms with Crippen LogP contribution in [0.2, 0.25) is 0 Å². The largest absolute Gasteiger partial charge is 0.395 e. The van der Waals surface area contributed by atoms with Gasteiger partial charge in [0, 0.05) is 39.3 Å². The molecule has 114 valence electrons. The van der Waals surface area contributed by atoms with E-state index < -0.39 is 6.10 Å². The van der Waals surface area contributed by atoms with Gasteiger partial charge in [-0.25, -0.2) is 0 Å². The highest BCUT2D eigenvalue weighted by molar-refractivity contribution is 4.75. The summed E-state index contributed by atoms with van der Waals surface area (Å²) in [4.78, 5) is 4.51. The summed E-state index contributed by atoms with van der Waals surface area (Å²) in [5.41, 5.74) is -0.152. The first-order valence-corrected chi connectivity index (χ1v) is 7.34. The molecule has 0 bridgehead atoms. The van der Waals surface area contributed by atoms with E-state index in [-0.39, 0.29) is 12.2 Å². The number of hydrogen-bond acceptors (Lipinski definition) is 5. The molecule has 0 radical (unpaired) electrons. The molecule has 1 atom stereocenters. The smallest absolute Gasteiger partial charge is 0.0900 e. The third-order valence-corrected chi connectivity index (χ3v) is 3.87. The van der Waals surface area contributed by atoms with E-state index in [4.69, 9.17) is 9.84 Å². The topological polar surface area (TPSA) is 56.2 Å². The molecule has 19 heavy (non-hydrogen) atoms. The lowest BCUT2D eigenvalue weighted by molar-refractivity contribution is -0.0693. The van der Waals surface area contributed by atoms with Crippen molar-refractivity contribution in [2.75, 3.05) is 52.5 Å². The zero-order valence-corrected chi connectivity index (χ0v) is 12.6. The normalized spacial score (nSPS) is 20.7.